The van der Waals surface area contributed by atoms with Crippen LogP contribution in [0.15, 0.2) is 42.6 Å². The lowest BCUT2D eigenvalue weighted by molar-refractivity contribution is 0.405. The monoisotopic (exact) mass is 199 g/mol. The van der Waals surface area contributed by atoms with Gasteiger partial charge in [-0.2, -0.15) is 0 Å². The normalized spacial score (nSPS) is 20.3. The number of likely N-dealkylation sites (N-methyl/N-ethyl adjacent to an activating group) is 1. The molecule has 0 saturated carbocycles. The van der Waals surface area contributed by atoms with Gasteiger partial charge in [0, 0.05) is 19.3 Å². The van der Waals surface area contributed by atoms with Crippen molar-refractivity contribution in [3.63, 3.8) is 0 Å². The van der Waals surface area contributed by atoms with Crippen LogP contribution in [0.25, 0.3) is 5.57 Å². The molecule has 0 amide bonds. The van der Waals surface area contributed by atoms with Crippen LogP contribution in [0.5, 0.6) is 0 Å². The number of hydrogen-bond acceptors (Lipinski definition) is 1. The number of benzene rings is 1. The molecule has 1 atom stereocenters. The predicted molar refractivity (Wildman–Crippen MR) is 65.5 cm³/mol. The Kier molecular flexibility index (Phi) is 2.63. The minimum absolute atomic E-state index is 0.499. The molecule has 1 aromatic carbocycles. The third kappa shape index (κ3) is 2.12. The molecule has 1 unspecified atom stereocenters. The van der Waals surface area contributed by atoms with Gasteiger partial charge in [0.15, 0.2) is 0 Å². The molecule has 1 aliphatic rings. The van der Waals surface area contributed by atoms with Gasteiger partial charge < -0.3 is 4.90 Å². The highest BCUT2D eigenvalue weighted by molar-refractivity contribution is 5.74. The van der Waals surface area contributed by atoms with Crippen LogP contribution in [0, 0.1) is 6.92 Å². The molecule has 2 rings (SSSR count). The predicted octanol–water partition coefficient (Wildman–Crippen LogP) is 3.23. The molecule has 15 heavy (non-hydrogen) atoms. The van der Waals surface area contributed by atoms with Gasteiger partial charge in [-0.05, 0) is 25.0 Å². The summed E-state index contributed by atoms with van der Waals surface area (Å²) in [5.74, 6) is 0. The van der Waals surface area contributed by atoms with Crippen molar-refractivity contribution in [2.24, 2.45) is 0 Å². The molecule has 0 aromatic heterocycles. The second kappa shape index (κ2) is 3.93. The van der Waals surface area contributed by atoms with E-state index < -0.39 is 0 Å². The summed E-state index contributed by atoms with van der Waals surface area (Å²) in [6.45, 7) is 4.31. The molecule has 1 nitrogen and oxygen atoms in total. The van der Waals surface area contributed by atoms with Crippen molar-refractivity contribution in [1.82, 2.24) is 4.90 Å². The Balaban J connectivity index is 2.29. The molecule has 0 spiro atoms. The summed E-state index contributed by atoms with van der Waals surface area (Å²) < 4.78 is 0. The Morgan fingerprint density at radius 1 is 1.13 bits per heavy atom. The third-order valence-electron chi connectivity index (χ3n) is 2.92. The van der Waals surface area contributed by atoms with Crippen molar-refractivity contribution in [2.75, 3.05) is 7.05 Å². The first-order valence-corrected chi connectivity index (χ1v) is 5.36. The van der Waals surface area contributed by atoms with Crippen LogP contribution in [-0.4, -0.2) is 18.0 Å². The molecule has 1 aromatic rings. The molecule has 0 aliphatic carbocycles. The van der Waals surface area contributed by atoms with Crippen molar-refractivity contribution >= 4 is 5.57 Å². The van der Waals surface area contributed by atoms with Gasteiger partial charge in [0.25, 0.3) is 0 Å². The molecule has 0 N–H and O–H groups in total. The lowest BCUT2D eigenvalue weighted by Crippen LogP contribution is -2.23. The van der Waals surface area contributed by atoms with Crippen LogP contribution >= 0.6 is 0 Å². The topological polar surface area (TPSA) is 3.24 Å². The van der Waals surface area contributed by atoms with Gasteiger partial charge in [0.2, 0.25) is 0 Å². The van der Waals surface area contributed by atoms with E-state index in [0.717, 1.165) is 0 Å². The highest BCUT2D eigenvalue weighted by atomic mass is 15.1. The maximum Gasteiger partial charge on any atom is 0.0439 e. The van der Waals surface area contributed by atoms with Gasteiger partial charge in [0.1, 0.15) is 0 Å². The fourth-order valence-corrected chi connectivity index (χ4v) is 1.68. The first-order valence-electron chi connectivity index (χ1n) is 5.36. The Labute approximate surface area is 91.7 Å². The molecule has 0 radical (unpaired) electrons. The minimum atomic E-state index is 0.499. The van der Waals surface area contributed by atoms with Gasteiger partial charge in [-0.25, -0.2) is 0 Å². The van der Waals surface area contributed by atoms with Gasteiger partial charge in [-0.15, -0.1) is 0 Å². The van der Waals surface area contributed by atoms with E-state index in [1.165, 1.54) is 16.7 Å². The summed E-state index contributed by atoms with van der Waals surface area (Å²) >= 11 is 0. The maximum atomic E-state index is 2.23. The van der Waals surface area contributed by atoms with Crippen molar-refractivity contribution in [3.05, 3.63) is 53.7 Å². The first kappa shape index (κ1) is 10.0. The van der Waals surface area contributed by atoms with E-state index in [9.17, 15) is 0 Å². The molecule has 0 fully saturated rings. The van der Waals surface area contributed by atoms with E-state index in [2.05, 4.69) is 68.4 Å². The van der Waals surface area contributed by atoms with E-state index in [1.807, 2.05) is 0 Å². The first-order chi connectivity index (χ1) is 7.16. The van der Waals surface area contributed by atoms with Crippen molar-refractivity contribution in [3.8, 4) is 0 Å². The summed E-state index contributed by atoms with van der Waals surface area (Å²) in [5, 5.41) is 0. The molecular weight excluding hydrogens is 182 g/mol. The van der Waals surface area contributed by atoms with E-state index in [1.54, 1.807) is 0 Å². The average molecular weight is 199 g/mol. The molecular formula is C14H17N. The van der Waals surface area contributed by atoms with Gasteiger partial charge in [-0.1, -0.05) is 42.0 Å². The number of hydrogen-bond donors (Lipinski definition) is 0. The lowest BCUT2D eigenvalue weighted by atomic mass is 10.0. The highest BCUT2D eigenvalue weighted by Gasteiger charge is 2.09. The van der Waals surface area contributed by atoms with Crippen LogP contribution in [0.1, 0.15) is 18.1 Å². The molecule has 1 heterocycles. The average Bonchev–Trinajstić information content (AvgIpc) is 2.23. The van der Waals surface area contributed by atoms with E-state index in [0.29, 0.717) is 6.04 Å². The minimum Gasteiger partial charge on any atom is -0.374 e. The molecule has 78 valence electrons. The van der Waals surface area contributed by atoms with Crippen LogP contribution in [0.4, 0.5) is 0 Å². The van der Waals surface area contributed by atoms with Crippen molar-refractivity contribution in [2.45, 2.75) is 19.9 Å². The Morgan fingerprint density at radius 3 is 2.40 bits per heavy atom. The smallest absolute Gasteiger partial charge is 0.0439 e. The molecule has 0 bridgehead atoms. The van der Waals surface area contributed by atoms with E-state index in [-0.39, 0.29) is 0 Å². The van der Waals surface area contributed by atoms with Crippen molar-refractivity contribution in [1.29, 1.82) is 0 Å². The third-order valence-corrected chi connectivity index (χ3v) is 2.92. The summed E-state index contributed by atoms with van der Waals surface area (Å²) in [6.07, 6.45) is 6.64. The van der Waals surface area contributed by atoms with Gasteiger partial charge in [0.05, 0.1) is 0 Å². The standard InChI is InChI=1S/C14H17N/c1-11-4-7-13(8-5-11)14-9-6-12(2)15(3)10-14/h4-10,12H,1-3H3. The van der Waals surface area contributed by atoms with Crippen LogP contribution in [0.2, 0.25) is 0 Å². The highest BCUT2D eigenvalue weighted by Crippen LogP contribution is 2.21. The Morgan fingerprint density at radius 2 is 1.80 bits per heavy atom. The van der Waals surface area contributed by atoms with Gasteiger partial charge >= 0.3 is 0 Å². The summed E-state index contributed by atoms with van der Waals surface area (Å²) in [4.78, 5) is 2.23. The Hall–Kier alpha value is -1.50. The Bertz CT molecular complexity index is 398. The largest absolute Gasteiger partial charge is 0.374 e. The zero-order chi connectivity index (χ0) is 10.8. The van der Waals surface area contributed by atoms with Gasteiger partial charge in [-0.3, -0.25) is 0 Å². The lowest BCUT2D eigenvalue weighted by Gasteiger charge is -2.25. The quantitative estimate of drug-likeness (QED) is 0.671. The number of allylic oxidation sites excluding steroid dienone is 2. The molecule has 0 saturated heterocycles. The number of nitrogens with zero attached hydrogens (tertiary/aromatic N) is 1. The fourth-order valence-electron chi connectivity index (χ4n) is 1.68. The fraction of sp³-hybridized carbons (Fsp3) is 0.286. The second-order valence-electron chi connectivity index (χ2n) is 4.22. The van der Waals surface area contributed by atoms with Crippen LogP contribution in [0.3, 0.4) is 0 Å². The number of aryl methyl sites for hydroxylation is 1. The molecule has 1 heteroatoms. The number of rotatable bonds is 1. The van der Waals surface area contributed by atoms with Crippen molar-refractivity contribution < 1.29 is 0 Å². The second-order valence-corrected chi connectivity index (χ2v) is 4.22. The summed E-state index contributed by atoms with van der Waals surface area (Å²) in [6, 6.07) is 9.16. The zero-order valence-corrected chi connectivity index (χ0v) is 9.57. The zero-order valence-electron chi connectivity index (χ0n) is 9.57. The SMILES string of the molecule is Cc1ccc(C2=CN(C)C(C)C=C2)cc1. The maximum absolute atomic E-state index is 2.23. The van der Waals surface area contributed by atoms with E-state index in [4.69, 9.17) is 0 Å². The van der Waals surface area contributed by atoms with E-state index >= 15 is 0 Å². The van der Waals surface area contributed by atoms with Crippen LogP contribution < -0.4 is 0 Å². The molecule has 1 aliphatic heterocycles. The van der Waals surface area contributed by atoms with Crippen LogP contribution in [-0.2, 0) is 0 Å². The summed E-state index contributed by atoms with van der Waals surface area (Å²) in [5.41, 5.74) is 3.88. The summed E-state index contributed by atoms with van der Waals surface area (Å²) in [7, 11) is 2.11.